The van der Waals surface area contributed by atoms with Gasteiger partial charge in [0.05, 0.1) is 5.92 Å². The molecule has 3 amide bonds. The molecule has 1 aromatic carbocycles. The largest absolute Gasteiger partial charge is 0.327 e. The van der Waals surface area contributed by atoms with Crippen LogP contribution in [0.25, 0.3) is 0 Å². The highest BCUT2D eigenvalue weighted by atomic mass is 79.9. The lowest BCUT2D eigenvalue weighted by Gasteiger charge is -2.32. The zero-order valence-electron chi connectivity index (χ0n) is 12.1. The molecule has 0 aromatic heterocycles. The van der Waals surface area contributed by atoms with E-state index in [2.05, 4.69) is 26.6 Å². The summed E-state index contributed by atoms with van der Waals surface area (Å²) in [6.45, 7) is 5.59. The molecular weight excluding hydrogens is 336 g/mol. The van der Waals surface area contributed by atoms with Crippen LogP contribution in [-0.2, 0) is 4.79 Å². The second kappa shape index (κ2) is 5.97. The number of carbonyl (C=O) groups excluding carboxylic acids is 3. The molecule has 1 fully saturated rings. The molecule has 0 saturated carbocycles. The van der Waals surface area contributed by atoms with Gasteiger partial charge in [0.25, 0.3) is 0 Å². The first-order valence-electron chi connectivity index (χ1n) is 6.72. The van der Waals surface area contributed by atoms with Crippen molar-refractivity contribution in [1.29, 1.82) is 0 Å². The van der Waals surface area contributed by atoms with Crippen LogP contribution in [-0.4, -0.2) is 23.8 Å². The molecule has 2 rings (SSSR count). The SMILES string of the molecule is Cc1cc(Br)cc(C(=O)C2NC(=O)NC(=O)C2C(C)C)c1. The van der Waals surface area contributed by atoms with Gasteiger partial charge in [0, 0.05) is 10.0 Å². The predicted octanol–water partition coefficient (Wildman–Crippen LogP) is 2.42. The van der Waals surface area contributed by atoms with Crippen molar-refractivity contribution >= 4 is 33.7 Å². The van der Waals surface area contributed by atoms with Gasteiger partial charge in [-0.25, -0.2) is 4.79 Å². The molecule has 2 N–H and O–H groups in total. The second-order valence-electron chi connectivity index (χ2n) is 5.59. The minimum absolute atomic E-state index is 0.0622. The Kier molecular flexibility index (Phi) is 4.46. The summed E-state index contributed by atoms with van der Waals surface area (Å²) in [6, 6.07) is 3.89. The number of hydrogen-bond donors (Lipinski definition) is 2. The Morgan fingerprint density at radius 2 is 1.90 bits per heavy atom. The van der Waals surface area contributed by atoms with E-state index >= 15 is 0 Å². The van der Waals surface area contributed by atoms with Crippen molar-refractivity contribution in [2.45, 2.75) is 26.8 Å². The maximum atomic E-state index is 12.7. The lowest BCUT2D eigenvalue weighted by molar-refractivity contribution is -0.126. The smallest absolute Gasteiger partial charge is 0.322 e. The van der Waals surface area contributed by atoms with E-state index in [0.29, 0.717) is 5.56 Å². The molecule has 6 heteroatoms. The van der Waals surface area contributed by atoms with Gasteiger partial charge in [0.15, 0.2) is 5.78 Å². The average molecular weight is 353 g/mol. The summed E-state index contributed by atoms with van der Waals surface area (Å²) in [5, 5.41) is 4.80. The summed E-state index contributed by atoms with van der Waals surface area (Å²) in [4.78, 5) is 36.2. The summed E-state index contributed by atoms with van der Waals surface area (Å²) in [7, 11) is 0. The maximum Gasteiger partial charge on any atom is 0.322 e. The molecule has 1 aliphatic rings. The number of ketones is 1. The van der Waals surface area contributed by atoms with Crippen molar-refractivity contribution in [1.82, 2.24) is 10.6 Å². The Balaban J connectivity index is 2.38. The van der Waals surface area contributed by atoms with Crippen molar-refractivity contribution in [2.24, 2.45) is 11.8 Å². The van der Waals surface area contributed by atoms with E-state index in [1.807, 2.05) is 26.8 Å². The van der Waals surface area contributed by atoms with E-state index in [9.17, 15) is 14.4 Å². The van der Waals surface area contributed by atoms with E-state index in [0.717, 1.165) is 10.0 Å². The van der Waals surface area contributed by atoms with Gasteiger partial charge >= 0.3 is 6.03 Å². The molecule has 1 heterocycles. The molecule has 0 aliphatic carbocycles. The first kappa shape index (κ1) is 15.7. The van der Waals surface area contributed by atoms with E-state index in [1.54, 1.807) is 12.1 Å². The fourth-order valence-corrected chi connectivity index (χ4v) is 3.20. The lowest BCUT2D eigenvalue weighted by atomic mass is 9.82. The van der Waals surface area contributed by atoms with Crippen LogP contribution in [0.3, 0.4) is 0 Å². The number of benzene rings is 1. The Labute approximate surface area is 131 Å². The second-order valence-corrected chi connectivity index (χ2v) is 6.51. The number of imide groups is 1. The molecule has 2 atom stereocenters. The van der Waals surface area contributed by atoms with E-state index in [4.69, 9.17) is 0 Å². The van der Waals surface area contributed by atoms with Crippen molar-refractivity contribution in [3.05, 3.63) is 33.8 Å². The number of urea groups is 1. The summed E-state index contributed by atoms with van der Waals surface area (Å²) in [5.74, 6) is -1.29. The topological polar surface area (TPSA) is 75.3 Å². The number of nitrogens with one attached hydrogen (secondary N) is 2. The van der Waals surface area contributed by atoms with Gasteiger partial charge in [-0.3, -0.25) is 14.9 Å². The maximum absolute atomic E-state index is 12.7. The van der Waals surface area contributed by atoms with Crippen LogP contribution in [0.2, 0.25) is 0 Å². The van der Waals surface area contributed by atoms with Crippen molar-refractivity contribution in [3.8, 4) is 0 Å². The van der Waals surface area contributed by atoms with Crippen LogP contribution < -0.4 is 10.6 Å². The van der Waals surface area contributed by atoms with Crippen LogP contribution >= 0.6 is 15.9 Å². The van der Waals surface area contributed by atoms with Crippen molar-refractivity contribution in [3.63, 3.8) is 0 Å². The number of Topliss-reactive ketones (excluding diaryl/α,β-unsaturated/α-hetero) is 1. The van der Waals surface area contributed by atoms with Gasteiger partial charge in [0.2, 0.25) is 5.91 Å². The fourth-order valence-electron chi connectivity index (χ4n) is 2.59. The molecule has 5 nitrogen and oxygen atoms in total. The minimum Gasteiger partial charge on any atom is -0.327 e. The summed E-state index contributed by atoms with van der Waals surface area (Å²) in [5.41, 5.74) is 1.41. The van der Waals surface area contributed by atoms with Gasteiger partial charge in [-0.15, -0.1) is 0 Å². The van der Waals surface area contributed by atoms with Crippen LogP contribution in [0.5, 0.6) is 0 Å². The zero-order chi connectivity index (χ0) is 15.7. The van der Waals surface area contributed by atoms with Gasteiger partial charge in [-0.1, -0.05) is 29.8 Å². The predicted molar refractivity (Wildman–Crippen MR) is 82.0 cm³/mol. The highest BCUT2D eigenvalue weighted by Gasteiger charge is 2.41. The molecule has 2 unspecified atom stereocenters. The first-order valence-corrected chi connectivity index (χ1v) is 7.51. The molecule has 1 aromatic rings. The standard InChI is InChI=1S/C15H17BrN2O3/c1-7(2)11-12(17-15(21)18-14(11)20)13(19)9-4-8(3)5-10(16)6-9/h4-7,11-12H,1-3H3,(H2,17,18,20,21). The molecule has 0 radical (unpaired) electrons. The van der Waals surface area contributed by atoms with Gasteiger partial charge in [0.1, 0.15) is 6.04 Å². The third kappa shape index (κ3) is 3.32. The highest BCUT2D eigenvalue weighted by Crippen LogP contribution is 2.24. The highest BCUT2D eigenvalue weighted by molar-refractivity contribution is 9.10. The number of halogens is 1. The molecule has 0 spiro atoms. The summed E-state index contributed by atoms with van der Waals surface area (Å²) < 4.78 is 0.790. The number of amides is 3. The van der Waals surface area contributed by atoms with Crippen LogP contribution in [0.15, 0.2) is 22.7 Å². The molecular formula is C15H17BrN2O3. The third-order valence-corrected chi connectivity index (χ3v) is 3.97. The van der Waals surface area contributed by atoms with Crippen LogP contribution in [0, 0.1) is 18.8 Å². The number of carbonyl (C=O) groups is 3. The Hall–Kier alpha value is -1.69. The average Bonchev–Trinajstić information content (AvgIpc) is 2.35. The van der Waals surface area contributed by atoms with Crippen molar-refractivity contribution in [2.75, 3.05) is 0 Å². The molecule has 1 saturated heterocycles. The first-order chi connectivity index (χ1) is 9.79. The van der Waals surface area contributed by atoms with Crippen LogP contribution in [0.1, 0.15) is 29.8 Å². The fraction of sp³-hybridized carbons (Fsp3) is 0.400. The quantitative estimate of drug-likeness (QED) is 0.820. The Morgan fingerprint density at radius 3 is 2.48 bits per heavy atom. The molecule has 0 bridgehead atoms. The van der Waals surface area contributed by atoms with E-state index < -0.39 is 23.9 Å². The van der Waals surface area contributed by atoms with E-state index in [-0.39, 0.29) is 11.7 Å². The van der Waals surface area contributed by atoms with Gasteiger partial charge < -0.3 is 5.32 Å². The number of aryl methyl sites for hydroxylation is 1. The van der Waals surface area contributed by atoms with Crippen LogP contribution in [0.4, 0.5) is 4.79 Å². The Morgan fingerprint density at radius 1 is 1.24 bits per heavy atom. The lowest BCUT2D eigenvalue weighted by Crippen LogP contribution is -2.62. The van der Waals surface area contributed by atoms with Gasteiger partial charge in [-0.2, -0.15) is 0 Å². The molecule has 112 valence electrons. The monoisotopic (exact) mass is 352 g/mol. The van der Waals surface area contributed by atoms with Crippen molar-refractivity contribution < 1.29 is 14.4 Å². The number of hydrogen-bond acceptors (Lipinski definition) is 3. The van der Waals surface area contributed by atoms with Gasteiger partial charge in [-0.05, 0) is 36.6 Å². The summed E-state index contributed by atoms with van der Waals surface area (Å²) >= 11 is 3.35. The zero-order valence-corrected chi connectivity index (χ0v) is 13.7. The number of rotatable bonds is 3. The minimum atomic E-state index is -0.833. The molecule has 21 heavy (non-hydrogen) atoms. The third-order valence-electron chi connectivity index (χ3n) is 3.51. The normalized spacial score (nSPS) is 22.0. The van der Waals surface area contributed by atoms with E-state index in [1.165, 1.54) is 0 Å². The molecule has 1 aliphatic heterocycles. The Bertz CT molecular complexity index is 593. The summed E-state index contributed by atoms with van der Waals surface area (Å²) in [6.07, 6.45) is 0.